The Hall–Kier alpha value is -2.90. The lowest BCUT2D eigenvalue weighted by Gasteiger charge is -2.14. The first kappa shape index (κ1) is 26.7. The number of hydrogen-bond donors (Lipinski definition) is 3. The maximum atomic E-state index is 12.3. The predicted molar refractivity (Wildman–Crippen MR) is 138 cm³/mol. The summed E-state index contributed by atoms with van der Waals surface area (Å²) in [6.45, 7) is 6.54. The van der Waals surface area contributed by atoms with E-state index in [1.807, 2.05) is 23.8 Å². The van der Waals surface area contributed by atoms with Crippen molar-refractivity contribution in [3.63, 3.8) is 0 Å². The minimum absolute atomic E-state index is 0.0374. The second-order valence-corrected chi connectivity index (χ2v) is 9.71. The summed E-state index contributed by atoms with van der Waals surface area (Å²) in [6.07, 6.45) is 9.94. The highest BCUT2D eigenvalue weighted by Gasteiger charge is 2.16. The van der Waals surface area contributed by atoms with Gasteiger partial charge >= 0.3 is 0 Å². The van der Waals surface area contributed by atoms with Crippen molar-refractivity contribution < 1.29 is 24.9 Å². The van der Waals surface area contributed by atoms with Gasteiger partial charge in [0.05, 0.1) is 17.9 Å². The van der Waals surface area contributed by atoms with E-state index < -0.39 is 12.2 Å². The monoisotopic (exact) mass is 482 g/mol. The number of hydrogen-bond acceptors (Lipinski definition) is 6. The highest BCUT2D eigenvalue weighted by atomic mass is 16.5. The molecule has 0 radical (unpaired) electrons. The van der Waals surface area contributed by atoms with E-state index in [2.05, 4.69) is 24.9 Å². The van der Waals surface area contributed by atoms with Gasteiger partial charge in [-0.25, -0.2) is 0 Å². The van der Waals surface area contributed by atoms with Gasteiger partial charge in [-0.15, -0.1) is 0 Å². The maximum absolute atomic E-state index is 12.3. The fraction of sp³-hybridized carbons (Fsp3) is 0.500. The van der Waals surface area contributed by atoms with Crippen LogP contribution in [0.5, 0.6) is 11.5 Å². The molecule has 1 aromatic heterocycles. The Morgan fingerprint density at radius 3 is 2.77 bits per heavy atom. The first-order chi connectivity index (χ1) is 16.8. The topological polar surface area (TPSA) is 104 Å². The van der Waals surface area contributed by atoms with Gasteiger partial charge in [0.2, 0.25) is 0 Å². The fourth-order valence-electron chi connectivity index (χ4n) is 4.19. The van der Waals surface area contributed by atoms with Crippen molar-refractivity contribution in [2.45, 2.75) is 84.7 Å². The average molecular weight is 483 g/mol. The van der Waals surface area contributed by atoms with Gasteiger partial charge in [0.1, 0.15) is 5.78 Å². The number of ether oxygens (including phenoxy) is 1. The first-order valence-electron chi connectivity index (χ1n) is 12.5. The summed E-state index contributed by atoms with van der Waals surface area (Å²) < 4.78 is 7.95. The first-order valence-corrected chi connectivity index (χ1v) is 12.5. The quantitative estimate of drug-likeness (QED) is 0.383. The Kier molecular flexibility index (Phi) is 9.69. The summed E-state index contributed by atoms with van der Waals surface area (Å²) in [4.78, 5) is 16.7. The minimum Gasteiger partial charge on any atom is -0.504 e. The molecular formula is C28H38N2O5. The van der Waals surface area contributed by atoms with Crippen molar-refractivity contribution in [3.8, 4) is 11.5 Å². The molecule has 3 N–H and O–H groups in total. The number of phenolic OH excluding ortho intramolecular Hbond substituents is 1. The number of rotatable bonds is 14. The van der Waals surface area contributed by atoms with Crippen LogP contribution in [0.15, 0.2) is 29.4 Å². The number of aliphatic hydroxyl groups is 2. The van der Waals surface area contributed by atoms with Crippen molar-refractivity contribution in [1.82, 2.24) is 4.57 Å². The Morgan fingerprint density at radius 2 is 2.03 bits per heavy atom. The van der Waals surface area contributed by atoms with Crippen LogP contribution in [0.1, 0.15) is 64.9 Å². The Morgan fingerprint density at radius 1 is 1.23 bits per heavy atom. The number of Topliss-reactive ketones (excluding diaryl/α,β-unsaturated/α-hetero) is 1. The van der Waals surface area contributed by atoms with E-state index in [0.717, 1.165) is 34.7 Å². The van der Waals surface area contributed by atoms with E-state index in [1.54, 1.807) is 24.4 Å². The van der Waals surface area contributed by atoms with E-state index >= 15 is 0 Å². The molecule has 0 fully saturated rings. The molecule has 1 aromatic carbocycles. The molecule has 0 bridgehead atoms. The van der Waals surface area contributed by atoms with Crippen LogP contribution < -0.4 is 15.3 Å². The molecule has 0 unspecified atom stereocenters. The third kappa shape index (κ3) is 7.80. The van der Waals surface area contributed by atoms with Gasteiger partial charge < -0.3 is 24.6 Å². The number of phenols is 1. The molecule has 1 aliphatic rings. The van der Waals surface area contributed by atoms with Crippen LogP contribution in [-0.4, -0.2) is 44.1 Å². The standard InChI is InChI=1S/C28H38N2O5/c1-4-5-21(31)15-23(33)16-22(32)9-7-20-8-11-27(34)28(14-20)35-18-30-17-25-24(12-13-29-25)26(30)10-6-19(2)3/h8,10-14,17,19,21,23,31,33-34H,4-7,9,15-16,18H2,1-3H3/t21-,23+/m0/s1. The van der Waals surface area contributed by atoms with Crippen LogP contribution in [0.2, 0.25) is 0 Å². The minimum atomic E-state index is -0.825. The van der Waals surface area contributed by atoms with Gasteiger partial charge in [-0.05, 0) is 55.4 Å². The number of aromatic hydroxyl groups is 1. The van der Waals surface area contributed by atoms with Crippen molar-refractivity contribution in [2.75, 3.05) is 0 Å². The van der Waals surface area contributed by atoms with Crippen molar-refractivity contribution in [3.05, 3.63) is 40.5 Å². The Balaban J connectivity index is 1.60. The lowest BCUT2D eigenvalue weighted by atomic mass is 10.00. The third-order valence-corrected chi connectivity index (χ3v) is 6.08. The van der Waals surface area contributed by atoms with Gasteiger partial charge in [-0.1, -0.05) is 39.3 Å². The van der Waals surface area contributed by atoms with Gasteiger partial charge in [-0.2, -0.15) is 0 Å². The highest BCUT2D eigenvalue weighted by Crippen LogP contribution is 2.28. The predicted octanol–water partition coefficient (Wildman–Crippen LogP) is 3.36. The number of aryl methyl sites for hydroxylation is 1. The molecule has 3 rings (SSSR count). The zero-order chi connectivity index (χ0) is 25.4. The molecule has 7 nitrogen and oxygen atoms in total. The summed E-state index contributed by atoms with van der Waals surface area (Å²) in [5, 5.41) is 32.3. The molecule has 7 heteroatoms. The van der Waals surface area contributed by atoms with Crippen LogP contribution >= 0.6 is 0 Å². The van der Waals surface area contributed by atoms with E-state index in [9.17, 15) is 20.1 Å². The number of ketones is 1. The number of carbonyl (C=O) groups is 1. The van der Waals surface area contributed by atoms with E-state index in [4.69, 9.17) is 4.74 Å². The summed E-state index contributed by atoms with van der Waals surface area (Å²) >= 11 is 0. The summed E-state index contributed by atoms with van der Waals surface area (Å²) in [7, 11) is 0. The number of carbonyl (C=O) groups excluding carboxylic acids is 1. The third-order valence-electron chi connectivity index (χ3n) is 6.08. The van der Waals surface area contributed by atoms with E-state index in [1.165, 1.54) is 0 Å². The summed E-state index contributed by atoms with van der Waals surface area (Å²) in [5.74, 6) is 0.871. The second-order valence-electron chi connectivity index (χ2n) is 9.71. The molecule has 0 saturated carbocycles. The number of aliphatic hydroxyl groups excluding tert-OH is 2. The van der Waals surface area contributed by atoms with Crippen LogP contribution in [0.25, 0.3) is 12.2 Å². The highest BCUT2D eigenvalue weighted by molar-refractivity contribution is 5.96. The van der Waals surface area contributed by atoms with Gasteiger partial charge in [0.15, 0.2) is 18.2 Å². The fourth-order valence-corrected chi connectivity index (χ4v) is 4.19. The molecule has 1 aliphatic heterocycles. The van der Waals surface area contributed by atoms with Crippen molar-refractivity contribution >= 4 is 29.8 Å². The molecule has 2 aromatic rings. The summed E-state index contributed by atoms with van der Waals surface area (Å²) in [5.41, 5.74) is 1.77. The molecule has 0 saturated heterocycles. The molecule has 190 valence electrons. The molecule has 2 atom stereocenters. The van der Waals surface area contributed by atoms with Crippen LogP contribution in [-0.2, 0) is 17.9 Å². The largest absolute Gasteiger partial charge is 0.504 e. The van der Waals surface area contributed by atoms with Gasteiger partial charge in [0.25, 0.3) is 0 Å². The summed E-state index contributed by atoms with van der Waals surface area (Å²) in [6, 6.07) is 5.10. The van der Waals surface area contributed by atoms with Crippen LogP contribution in [0, 0.1) is 5.92 Å². The lowest BCUT2D eigenvalue weighted by Crippen LogP contribution is -2.30. The average Bonchev–Trinajstić information content (AvgIpc) is 3.37. The molecule has 35 heavy (non-hydrogen) atoms. The van der Waals surface area contributed by atoms with Crippen molar-refractivity contribution in [1.29, 1.82) is 0 Å². The number of fused-ring (bicyclic) bond motifs is 1. The van der Waals surface area contributed by atoms with Crippen LogP contribution in [0.4, 0.5) is 5.69 Å². The Bertz CT molecular complexity index is 1150. The molecule has 0 aliphatic carbocycles. The zero-order valence-electron chi connectivity index (χ0n) is 21.0. The number of nitrogens with zero attached hydrogens (tertiary/aromatic N) is 2. The maximum Gasteiger partial charge on any atom is 0.165 e. The number of aliphatic imine (C=N–C) groups is 1. The normalized spacial score (nSPS) is 14.7. The molecular weight excluding hydrogens is 444 g/mol. The zero-order valence-corrected chi connectivity index (χ0v) is 21.0. The smallest absolute Gasteiger partial charge is 0.165 e. The number of aromatic nitrogens is 1. The lowest BCUT2D eigenvalue weighted by molar-refractivity contribution is -0.121. The van der Waals surface area contributed by atoms with Gasteiger partial charge in [-0.3, -0.25) is 9.79 Å². The molecule has 0 amide bonds. The van der Waals surface area contributed by atoms with Crippen LogP contribution in [0.3, 0.4) is 0 Å². The molecule has 0 spiro atoms. The SMILES string of the molecule is CCC[C@H](O)C[C@@H](O)CC(=O)CCc1ccc(O)c(OCn2cc3c(c2=CCC(C)C)=CC=N3)c1. The Labute approximate surface area is 207 Å². The van der Waals surface area contributed by atoms with Gasteiger partial charge in [0, 0.05) is 35.8 Å². The second kappa shape index (κ2) is 12.7. The number of benzene rings is 1. The van der Waals surface area contributed by atoms with E-state index in [0.29, 0.717) is 24.5 Å². The van der Waals surface area contributed by atoms with E-state index in [-0.39, 0.29) is 37.5 Å². The van der Waals surface area contributed by atoms with Crippen molar-refractivity contribution in [2.24, 2.45) is 10.9 Å². The molecule has 2 heterocycles.